The topological polar surface area (TPSA) is 95.1 Å². The Kier molecular flexibility index (Phi) is 4.75. The van der Waals surface area contributed by atoms with Gasteiger partial charge in [-0.25, -0.2) is 4.98 Å². The molecule has 1 N–H and O–H groups in total. The molecule has 0 aliphatic heterocycles. The Morgan fingerprint density at radius 1 is 0.968 bits per heavy atom. The Balaban J connectivity index is 1.57. The number of nitrogens with zero attached hydrogens (tertiary/aromatic N) is 7. The lowest BCUT2D eigenvalue weighted by molar-refractivity contribution is 0.414. The summed E-state index contributed by atoms with van der Waals surface area (Å²) in [5, 5.41) is 16.7. The largest absolute Gasteiger partial charge is 0.497 e. The second-order valence-corrected chi connectivity index (χ2v) is 6.98. The number of aryl methyl sites for hydroxylation is 1. The molecule has 0 spiro atoms. The third-order valence-corrected chi connectivity index (χ3v) is 4.99. The van der Waals surface area contributed by atoms with Crippen molar-refractivity contribution in [2.24, 2.45) is 7.05 Å². The fraction of sp³-hybridized carbons (Fsp3) is 0.136. The maximum Gasteiger partial charge on any atom is 0.203 e. The molecule has 0 aliphatic carbocycles. The number of nitrogens with one attached hydrogen (secondary N) is 1. The highest BCUT2D eigenvalue weighted by molar-refractivity contribution is 5.56. The van der Waals surface area contributed by atoms with E-state index in [2.05, 4.69) is 25.5 Å². The van der Waals surface area contributed by atoms with Crippen LogP contribution in [0.1, 0.15) is 17.4 Å². The van der Waals surface area contributed by atoms with Crippen molar-refractivity contribution in [3.63, 3.8) is 0 Å². The van der Waals surface area contributed by atoms with Crippen LogP contribution in [0.4, 0.5) is 5.82 Å². The van der Waals surface area contributed by atoms with Crippen molar-refractivity contribution >= 4 is 11.5 Å². The van der Waals surface area contributed by atoms with Gasteiger partial charge in [0.1, 0.15) is 29.1 Å². The molecule has 9 nitrogen and oxygen atoms in total. The molecule has 5 aromatic rings. The highest BCUT2D eigenvalue weighted by Crippen LogP contribution is 2.27. The summed E-state index contributed by atoms with van der Waals surface area (Å²) < 4.78 is 9.08. The monoisotopic (exact) mass is 412 g/mol. The summed E-state index contributed by atoms with van der Waals surface area (Å²) in [5.41, 5.74) is 2.35. The summed E-state index contributed by atoms with van der Waals surface area (Å²) in [5.74, 6) is 2.86. The number of pyridine rings is 1. The smallest absolute Gasteiger partial charge is 0.203 e. The summed E-state index contributed by atoms with van der Waals surface area (Å²) in [6.45, 7) is 0. The van der Waals surface area contributed by atoms with E-state index in [9.17, 15) is 0 Å². The third kappa shape index (κ3) is 3.57. The van der Waals surface area contributed by atoms with Crippen molar-refractivity contribution < 1.29 is 4.74 Å². The SMILES string of the molecule is COc1cccc(C(Nc2ccc3nnc(-c4ccccn4)n3n2)c2nccn2C)c1. The van der Waals surface area contributed by atoms with Gasteiger partial charge in [0.05, 0.1) is 7.11 Å². The van der Waals surface area contributed by atoms with Gasteiger partial charge in [-0.05, 0) is 42.0 Å². The second-order valence-electron chi connectivity index (χ2n) is 6.98. The molecule has 31 heavy (non-hydrogen) atoms. The van der Waals surface area contributed by atoms with Gasteiger partial charge in [-0.15, -0.1) is 15.3 Å². The van der Waals surface area contributed by atoms with Gasteiger partial charge in [0.2, 0.25) is 5.82 Å². The van der Waals surface area contributed by atoms with E-state index in [4.69, 9.17) is 9.84 Å². The van der Waals surface area contributed by atoms with E-state index >= 15 is 0 Å². The van der Waals surface area contributed by atoms with Gasteiger partial charge >= 0.3 is 0 Å². The van der Waals surface area contributed by atoms with Crippen LogP contribution in [-0.2, 0) is 7.05 Å². The first-order valence-corrected chi connectivity index (χ1v) is 9.74. The van der Waals surface area contributed by atoms with E-state index in [-0.39, 0.29) is 6.04 Å². The predicted octanol–water partition coefficient (Wildman–Crippen LogP) is 3.13. The molecule has 4 heterocycles. The number of methoxy groups -OCH3 is 1. The summed E-state index contributed by atoms with van der Waals surface area (Å²) >= 11 is 0. The maximum atomic E-state index is 5.42. The fourth-order valence-corrected chi connectivity index (χ4v) is 3.44. The molecule has 0 fully saturated rings. The Hall–Kier alpha value is -4.27. The number of hydrogen-bond donors (Lipinski definition) is 1. The number of hydrogen-bond acceptors (Lipinski definition) is 7. The van der Waals surface area contributed by atoms with E-state index in [1.54, 1.807) is 24.0 Å². The lowest BCUT2D eigenvalue weighted by atomic mass is 10.1. The molecule has 0 bridgehead atoms. The Labute approximate surface area is 178 Å². The number of benzene rings is 1. The minimum atomic E-state index is -0.241. The van der Waals surface area contributed by atoms with E-state index in [1.807, 2.05) is 72.4 Å². The quantitative estimate of drug-likeness (QED) is 0.458. The number of imidazole rings is 1. The van der Waals surface area contributed by atoms with Crippen molar-refractivity contribution in [3.05, 3.63) is 84.6 Å². The molecule has 0 radical (unpaired) electrons. The maximum absolute atomic E-state index is 5.42. The fourth-order valence-electron chi connectivity index (χ4n) is 3.44. The molecule has 4 aromatic heterocycles. The molecule has 0 saturated heterocycles. The molecule has 1 aromatic carbocycles. The zero-order chi connectivity index (χ0) is 21.2. The van der Waals surface area contributed by atoms with Crippen LogP contribution in [0.15, 0.2) is 73.2 Å². The van der Waals surface area contributed by atoms with Gasteiger partial charge in [-0.3, -0.25) is 4.98 Å². The first-order chi connectivity index (χ1) is 15.2. The van der Waals surface area contributed by atoms with E-state index in [1.165, 1.54) is 0 Å². The highest BCUT2D eigenvalue weighted by atomic mass is 16.5. The first-order valence-electron chi connectivity index (χ1n) is 9.74. The standard InChI is InChI=1S/C22H20N8O/c1-29-13-12-24-22(29)20(15-6-5-7-16(14-15)31-2)25-18-9-10-19-26-27-21(30(19)28-18)17-8-3-4-11-23-17/h3-14,20H,1-2H3,(H,25,28). The van der Waals surface area contributed by atoms with Crippen LogP contribution in [0.5, 0.6) is 5.75 Å². The Morgan fingerprint density at radius 2 is 1.90 bits per heavy atom. The molecule has 1 unspecified atom stereocenters. The van der Waals surface area contributed by atoms with E-state index < -0.39 is 0 Å². The average Bonchev–Trinajstić information content (AvgIpc) is 3.44. The number of ether oxygens (including phenoxy) is 1. The Morgan fingerprint density at radius 3 is 2.68 bits per heavy atom. The molecule has 0 amide bonds. The Bertz CT molecular complexity index is 1330. The van der Waals surface area contributed by atoms with Gasteiger partial charge in [0.15, 0.2) is 5.65 Å². The lowest BCUT2D eigenvalue weighted by Gasteiger charge is -2.20. The molecular formula is C22H20N8O. The molecule has 154 valence electrons. The number of anilines is 1. The third-order valence-electron chi connectivity index (χ3n) is 4.99. The zero-order valence-corrected chi connectivity index (χ0v) is 17.0. The predicted molar refractivity (Wildman–Crippen MR) is 116 cm³/mol. The summed E-state index contributed by atoms with van der Waals surface area (Å²) in [6.07, 6.45) is 5.41. The second kappa shape index (κ2) is 7.86. The molecule has 9 heteroatoms. The molecule has 5 rings (SSSR count). The van der Waals surface area contributed by atoms with Gasteiger partial charge in [0.25, 0.3) is 0 Å². The van der Waals surface area contributed by atoms with Crippen LogP contribution in [0, 0.1) is 0 Å². The minimum absolute atomic E-state index is 0.241. The van der Waals surface area contributed by atoms with Crippen LogP contribution < -0.4 is 10.1 Å². The normalized spacial score (nSPS) is 12.1. The van der Waals surface area contributed by atoms with Gasteiger partial charge in [0, 0.05) is 25.6 Å². The van der Waals surface area contributed by atoms with Crippen molar-refractivity contribution in [3.8, 4) is 17.3 Å². The number of aromatic nitrogens is 7. The molecule has 1 atom stereocenters. The molecule has 0 saturated carbocycles. The number of rotatable bonds is 6. The van der Waals surface area contributed by atoms with Gasteiger partial charge in [-0.1, -0.05) is 18.2 Å². The average molecular weight is 412 g/mol. The number of fused-ring (bicyclic) bond motifs is 1. The van der Waals surface area contributed by atoms with E-state index in [0.29, 0.717) is 23.0 Å². The lowest BCUT2D eigenvalue weighted by Crippen LogP contribution is -2.18. The molecule has 0 aliphatic rings. The molecular weight excluding hydrogens is 392 g/mol. The zero-order valence-electron chi connectivity index (χ0n) is 17.0. The summed E-state index contributed by atoms with van der Waals surface area (Å²) in [4.78, 5) is 8.92. The first kappa shape index (κ1) is 18.7. The van der Waals surface area contributed by atoms with Crippen molar-refractivity contribution in [1.82, 2.24) is 34.3 Å². The van der Waals surface area contributed by atoms with Crippen molar-refractivity contribution in [2.45, 2.75) is 6.04 Å². The van der Waals surface area contributed by atoms with Crippen LogP contribution >= 0.6 is 0 Å². The van der Waals surface area contributed by atoms with Crippen LogP contribution in [0.2, 0.25) is 0 Å². The highest BCUT2D eigenvalue weighted by Gasteiger charge is 2.20. The minimum Gasteiger partial charge on any atom is -0.497 e. The van der Waals surface area contributed by atoms with Crippen LogP contribution in [-0.4, -0.2) is 41.5 Å². The summed E-state index contributed by atoms with van der Waals surface area (Å²) in [7, 11) is 3.62. The van der Waals surface area contributed by atoms with Crippen molar-refractivity contribution in [2.75, 3.05) is 12.4 Å². The van der Waals surface area contributed by atoms with Gasteiger partial charge < -0.3 is 14.6 Å². The van der Waals surface area contributed by atoms with Crippen molar-refractivity contribution in [1.29, 1.82) is 0 Å². The van der Waals surface area contributed by atoms with Crippen LogP contribution in [0.25, 0.3) is 17.2 Å². The van der Waals surface area contributed by atoms with Crippen LogP contribution in [0.3, 0.4) is 0 Å². The van der Waals surface area contributed by atoms with Gasteiger partial charge in [-0.2, -0.15) is 4.52 Å². The van der Waals surface area contributed by atoms with E-state index in [0.717, 1.165) is 17.1 Å². The summed E-state index contributed by atoms with van der Waals surface area (Å²) in [6, 6.07) is 17.1.